The number of nitrogens with zero attached hydrogens (tertiary/aromatic N) is 2. The lowest BCUT2D eigenvalue weighted by Crippen LogP contribution is -2.12. The molecular weight excluding hydrogens is 373 g/mol. The van der Waals surface area contributed by atoms with Gasteiger partial charge in [-0.15, -0.1) is 3.77 Å². The number of halogens is 4. The maximum Gasteiger partial charge on any atom is 0.419 e. The number of hydrogen-bond donors (Lipinski definition) is 0. The van der Waals surface area contributed by atoms with Crippen LogP contribution in [0.4, 0.5) is 13.2 Å². The molecule has 124 valence electrons. The predicted molar refractivity (Wildman–Crippen MR) is 81.9 cm³/mol. The SMILES string of the molecule is C[S@](=NS(=O)(=O)c1ccccc1)c1ncc(Cl)cc1C(F)(F)F. The van der Waals surface area contributed by atoms with Gasteiger partial charge in [-0.05, 0) is 35.1 Å². The van der Waals surface area contributed by atoms with Gasteiger partial charge in [-0.1, -0.05) is 29.8 Å². The van der Waals surface area contributed by atoms with Crippen LogP contribution in [-0.2, 0) is 26.9 Å². The molecule has 0 aliphatic rings. The Labute approximate surface area is 138 Å². The summed E-state index contributed by atoms with van der Waals surface area (Å²) in [6, 6.07) is 7.95. The van der Waals surface area contributed by atoms with Gasteiger partial charge in [-0.3, -0.25) is 0 Å². The molecule has 0 N–H and O–H groups in total. The topological polar surface area (TPSA) is 59.4 Å². The third-order valence-corrected chi connectivity index (χ3v) is 6.29. The predicted octanol–water partition coefficient (Wildman–Crippen LogP) is 3.93. The Kier molecular flexibility index (Phi) is 5.12. The lowest BCUT2D eigenvalue weighted by molar-refractivity contribution is -0.140. The molecule has 0 amide bonds. The molecule has 0 saturated heterocycles. The summed E-state index contributed by atoms with van der Waals surface area (Å²) in [4.78, 5) is 3.53. The minimum absolute atomic E-state index is 0.0955. The zero-order valence-corrected chi connectivity index (χ0v) is 14.0. The van der Waals surface area contributed by atoms with Crippen LogP contribution in [0.25, 0.3) is 0 Å². The van der Waals surface area contributed by atoms with Crippen LogP contribution in [0, 0.1) is 0 Å². The molecule has 0 radical (unpaired) electrons. The smallest absolute Gasteiger partial charge is 0.247 e. The summed E-state index contributed by atoms with van der Waals surface area (Å²) in [7, 11) is -5.71. The quantitative estimate of drug-likeness (QED) is 0.808. The van der Waals surface area contributed by atoms with Crippen LogP contribution in [0.2, 0.25) is 5.02 Å². The van der Waals surface area contributed by atoms with Gasteiger partial charge in [-0.2, -0.15) is 21.6 Å². The van der Waals surface area contributed by atoms with Gasteiger partial charge in [0.1, 0.15) is 5.03 Å². The van der Waals surface area contributed by atoms with E-state index in [0.29, 0.717) is 6.07 Å². The van der Waals surface area contributed by atoms with Crippen LogP contribution in [0.1, 0.15) is 5.56 Å². The molecule has 0 spiro atoms. The van der Waals surface area contributed by atoms with Crippen molar-refractivity contribution in [1.82, 2.24) is 4.98 Å². The fourth-order valence-corrected chi connectivity index (χ4v) is 4.84. The summed E-state index contributed by atoms with van der Waals surface area (Å²) in [5.41, 5.74) is -1.09. The van der Waals surface area contributed by atoms with E-state index < -0.39 is 37.5 Å². The Bertz CT molecular complexity index is 853. The fraction of sp³-hybridized carbons (Fsp3) is 0.154. The second-order valence-corrected chi connectivity index (χ2v) is 8.14. The molecule has 0 fully saturated rings. The van der Waals surface area contributed by atoms with E-state index in [2.05, 4.69) is 8.75 Å². The van der Waals surface area contributed by atoms with Crippen molar-refractivity contribution in [3.63, 3.8) is 0 Å². The number of alkyl halides is 3. The van der Waals surface area contributed by atoms with E-state index in [0.717, 1.165) is 6.20 Å². The Balaban J connectivity index is 2.55. The summed E-state index contributed by atoms with van der Waals surface area (Å²) in [6.45, 7) is 0. The number of rotatable bonds is 3. The van der Waals surface area contributed by atoms with Crippen molar-refractivity contribution in [3.05, 3.63) is 53.2 Å². The highest BCUT2D eigenvalue weighted by molar-refractivity contribution is 7.99. The summed E-state index contributed by atoms with van der Waals surface area (Å²) in [5, 5.41) is -0.662. The van der Waals surface area contributed by atoms with E-state index in [1.165, 1.54) is 30.5 Å². The highest BCUT2D eigenvalue weighted by Gasteiger charge is 2.35. The van der Waals surface area contributed by atoms with Gasteiger partial charge < -0.3 is 0 Å². The van der Waals surface area contributed by atoms with E-state index in [4.69, 9.17) is 11.6 Å². The molecule has 1 atom stereocenters. The Morgan fingerprint density at radius 1 is 1.22 bits per heavy atom. The highest BCUT2D eigenvalue weighted by atomic mass is 35.5. The maximum absolute atomic E-state index is 13.1. The molecule has 2 rings (SSSR count). The van der Waals surface area contributed by atoms with Crippen molar-refractivity contribution in [3.8, 4) is 0 Å². The zero-order chi connectivity index (χ0) is 17.3. The first-order valence-corrected chi connectivity index (χ1v) is 9.44. The van der Waals surface area contributed by atoms with Crippen LogP contribution in [0.15, 0.2) is 56.3 Å². The first-order valence-electron chi connectivity index (χ1n) is 6.03. The van der Waals surface area contributed by atoms with Gasteiger partial charge in [0.05, 0.1) is 15.5 Å². The molecule has 23 heavy (non-hydrogen) atoms. The van der Waals surface area contributed by atoms with E-state index >= 15 is 0 Å². The monoisotopic (exact) mass is 382 g/mol. The Morgan fingerprint density at radius 2 is 1.83 bits per heavy atom. The molecule has 0 unspecified atom stereocenters. The molecule has 0 aliphatic carbocycles. The normalized spacial score (nSPS) is 14.0. The Morgan fingerprint density at radius 3 is 2.39 bits per heavy atom. The molecule has 1 aromatic carbocycles. The third-order valence-electron chi connectivity index (χ3n) is 2.65. The second-order valence-electron chi connectivity index (χ2n) is 4.34. The second kappa shape index (κ2) is 6.58. The largest absolute Gasteiger partial charge is 0.419 e. The number of sulfonamides is 1. The first kappa shape index (κ1) is 17.9. The lowest BCUT2D eigenvalue weighted by atomic mass is 10.3. The summed E-state index contributed by atoms with van der Waals surface area (Å²) in [6.07, 6.45) is -2.42. The number of pyridine rings is 1. The van der Waals surface area contributed by atoms with Crippen molar-refractivity contribution in [2.45, 2.75) is 16.1 Å². The number of hydrogen-bond acceptors (Lipinski definition) is 3. The summed E-state index contributed by atoms with van der Waals surface area (Å²) in [5.74, 6) is 0. The van der Waals surface area contributed by atoms with Gasteiger partial charge >= 0.3 is 6.18 Å². The minimum Gasteiger partial charge on any atom is -0.247 e. The van der Waals surface area contributed by atoms with Gasteiger partial charge in [0.2, 0.25) is 0 Å². The van der Waals surface area contributed by atoms with Crippen LogP contribution < -0.4 is 0 Å². The fourth-order valence-electron chi connectivity index (χ4n) is 1.68. The Hall–Kier alpha value is -1.45. The van der Waals surface area contributed by atoms with E-state index in [1.807, 2.05) is 0 Å². The van der Waals surface area contributed by atoms with Gasteiger partial charge in [-0.25, -0.2) is 4.98 Å². The molecule has 0 saturated carbocycles. The minimum atomic E-state index is -4.71. The average Bonchev–Trinajstić information content (AvgIpc) is 2.46. The molecule has 0 bridgehead atoms. The maximum atomic E-state index is 13.1. The molecular formula is C13H10ClF3N2O2S2. The van der Waals surface area contributed by atoms with E-state index in [9.17, 15) is 21.6 Å². The van der Waals surface area contributed by atoms with E-state index in [1.54, 1.807) is 6.07 Å². The molecule has 2 aromatic rings. The molecule has 1 heterocycles. The number of benzene rings is 1. The van der Waals surface area contributed by atoms with Crippen molar-refractivity contribution >= 4 is 32.3 Å². The standard InChI is InChI=1S/C13H10ClF3N2O2S2/c1-22(19-23(20,21)10-5-3-2-4-6-10)12-11(13(15,16)17)7-9(14)8-18-12/h2-8H,1H3/t22-/m0/s1. The molecule has 4 nitrogen and oxygen atoms in total. The summed E-state index contributed by atoms with van der Waals surface area (Å²) >= 11 is 5.55. The van der Waals surface area contributed by atoms with Crippen LogP contribution in [-0.4, -0.2) is 19.7 Å². The van der Waals surface area contributed by atoms with Crippen LogP contribution >= 0.6 is 11.6 Å². The van der Waals surface area contributed by atoms with Crippen molar-refractivity contribution < 1.29 is 21.6 Å². The lowest BCUT2D eigenvalue weighted by Gasteiger charge is -2.12. The highest BCUT2D eigenvalue weighted by Crippen LogP contribution is 2.34. The third kappa shape index (κ3) is 4.30. The van der Waals surface area contributed by atoms with Gasteiger partial charge in [0.15, 0.2) is 0 Å². The van der Waals surface area contributed by atoms with Crippen molar-refractivity contribution in [2.75, 3.05) is 6.26 Å². The van der Waals surface area contributed by atoms with Crippen molar-refractivity contribution in [2.24, 2.45) is 3.77 Å². The molecule has 1 aromatic heterocycles. The van der Waals surface area contributed by atoms with Crippen molar-refractivity contribution in [1.29, 1.82) is 0 Å². The average molecular weight is 383 g/mol. The van der Waals surface area contributed by atoms with Gasteiger partial charge in [0.25, 0.3) is 10.0 Å². The van der Waals surface area contributed by atoms with Gasteiger partial charge in [0, 0.05) is 6.20 Å². The molecule has 10 heteroatoms. The zero-order valence-electron chi connectivity index (χ0n) is 11.6. The molecule has 0 aliphatic heterocycles. The van der Waals surface area contributed by atoms with E-state index in [-0.39, 0.29) is 9.92 Å². The number of aromatic nitrogens is 1. The first-order chi connectivity index (χ1) is 10.6. The van der Waals surface area contributed by atoms with Crippen LogP contribution in [0.5, 0.6) is 0 Å². The summed E-state index contributed by atoms with van der Waals surface area (Å²) < 4.78 is 67.0. The van der Waals surface area contributed by atoms with Crippen LogP contribution in [0.3, 0.4) is 0 Å².